The van der Waals surface area contributed by atoms with Crippen molar-refractivity contribution in [2.24, 2.45) is 5.73 Å². The fourth-order valence-corrected chi connectivity index (χ4v) is 13.8. The molecular formula is C73H73Cl4N15O10S3. The molecule has 32 heteroatoms. The van der Waals surface area contributed by atoms with Crippen LogP contribution in [0.3, 0.4) is 0 Å². The van der Waals surface area contributed by atoms with E-state index in [1.165, 1.54) is 43.0 Å². The molecule has 12 aromatic rings. The number of sulfone groups is 3. The first-order valence-electron chi connectivity index (χ1n) is 31.0. The summed E-state index contributed by atoms with van der Waals surface area (Å²) in [5.41, 5.74) is 33.4. The van der Waals surface area contributed by atoms with Gasteiger partial charge in [-0.25, -0.2) is 45.0 Å². The van der Waals surface area contributed by atoms with E-state index in [4.69, 9.17) is 62.8 Å². The lowest BCUT2D eigenvalue weighted by atomic mass is 10.0. The van der Waals surface area contributed by atoms with Crippen LogP contribution in [0.15, 0.2) is 179 Å². The molecule has 2 amide bonds. The number of carboxylic acids is 1. The number of pyridine rings is 9. The van der Waals surface area contributed by atoms with Crippen molar-refractivity contribution < 1.29 is 44.7 Å². The Morgan fingerprint density at radius 3 is 1.01 bits per heavy atom. The fourth-order valence-electron chi connectivity index (χ4n) is 10.6. The van der Waals surface area contributed by atoms with Gasteiger partial charge in [0.1, 0.15) is 17.5 Å². The number of aromatic carboxylic acids is 1. The highest BCUT2D eigenvalue weighted by Crippen LogP contribution is 2.31. The lowest BCUT2D eigenvalue weighted by Gasteiger charge is -2.10. The van der Waals surface area contributed by atoms with Crippen molar-refractivity contribution in [2.75, 3.05) is 36.0 Å². The van der Waals surface area contributed by atoms with Crippen molar-refractivity contribution in [3.63, 3.8) is 0 Å². The largest absolute Gasteiger partial charge is 0.478 e. The zero-order chi connectivity index (χ0) is 74.7. The molecule has 25 nitrogen and oxygen atoms in total. The highest BCUT2D eigenvalue weighted by molar-refractivity contribution is 7.91. The smallest absolute Gasteiger partial charge is 0.335 e. The van der Waals surface area contributed by atoms with Crippen LogP contribution in [0.4, 0.5) is 17.5 Å². The summed E-state index contributed by atoms with van der Waals surface area (Å²) in [5, 5.41) is 17.9. The zero-order valence-electron chi connectivity index (χ0n) is 56.6. The summed E-state index contributed by atoms with van der Waals surface area (Å²) in [6.45, 7) is 6.72. The topological polar surface area (TPSA) is 418 Å². The van der Waals surface area contributed by atoms with Crippen LogP contribution in [0.5, 0.6) is 0 Å². The Morgan fingerprint density at radius 1 is 0.429 bits per heavy atom. The number of amides is 2. The Kier molecular flexibility index (Phi) is 27.6. The van der Waals surface area contributed by atoms with Gasteiger partial charge in [-0.3, -0.25) is 39.5 Å². The summed E-state index contributed by atoms with van der Waals surface area (Å²) < 4.78 is 73.7. The molecule has 0 aliphatic carbocycles. The molecule has 0 atom stereocenters. The van der Waals surface area contributed by atoms with Gasteiger partial charge in [-0.15, -0.1) is 12.4 Å². The van der Waals surface area contributed by atoms with E-state index in [1.54, 1.807) is 91.3 Å². The Morgan fingerprint density at radius 2 is 0.724 bits per heavy atom. The van der Waals surface area contributed by atoms with Crippen LogP contribution in [0.25, 0.3) is 32.7 Å². The van der Waals surface area contributed by atoms with Crippen molar-refractivity contribution in [3.05, 3.63) is 264 Å². The molecule has 0 aliphatic heterocycles. The first-order chi connectivity index (χ1) is 48.7. The van der Waals surface area contributed by atoms with Gasteiger partial charge in [0.15, 0.2) is 29.5 Å². The van der Waals surface area contributed by atoms with Crippen molar-refractivity contribution >= 4 is 145 Å². The lowest BCUT2D eigenvalue weighted by Crippen LogP contribution is -2.23. The maximum absolute atomic E-state index is 12.7. The van der Waals surface area contributed by atoms with Gasteiger partial charge in [0.2, 0.25) is 0 Å². The van der Waals surface area contributed by atoms with Crippen LogP contribution in [0.1, 0.15) is 106 Å². The number of fused-ring (bicyclic) bond motifs is 3. The molecule has 9 aromatic heterocycles. The number of aryl methyl sites for hydroxylation is 3. The summed E-state index contributed by atoms with van der Waals surface area (Å²) in [4.78, 5) is 74.7. The van der Waals surface area contributed by atoms with E-state index < -0.39 is 35.5 Å². The summed E-state index contributed by atoms with van der Waals surface area (Å²) in [6, 6.07) is 35.3. The van der Waals surface area contributed by atoms with Crippen molar-refractivity contribution in [1.82, 2.24) is 55.5 Å². The van der Waals surface area contributed by atoms with Gasteiger partial charge in [0.05, 0.1) is 51.9 Å². The predicted molar refractivity (Wildman–Crippen MR) is 412 cm³/mol. The molecule has 0 unspecified atom stereocenters. The molecule has 11 N–H and O–H groups in total. The van der Waals surface area contributed by atoms with E-state index in [2.05, 4.69) is 55.5 Å². The van der Waals surface area contributed by atoms with Gasteiger partial charge in [-0.05, 0) is 163 Å². The maximum Gasteiger partial charge on any atom is 0.335 e. The normalized spacial score (nSPS) is 11.1. The van der Waals surface area contributed by atoms with Gasteiger partial charge < -0.3 is 38.7 Å². The molecule has 3 aromatic carbocycles. The van der Waals surface area contributed by atoms with Crippen LogP contribution in [-0.2, 0) is 68.4 Å². The highest BCUT2D eigenvalue weighted by atomic mass is 35.5. The number of carboxylic acid groups (broad SMARTS) is 1. The van der Waals surface area contributed by atoms with Crippen molar-refractivity contribution in [2.45, 2.75) is 81.8 Å². The number of nitrogens with one attached hydrogen (secondary N) is 2. The van der Waals surface area contributed by atoms with Gasteiger partial charge in [-0.2, -0.15) is 0 Å². The minimum atomic E-state index is -3.52. The summed E-state index contributed by atoms with van der Waals surface area (Å²) in [6.07, 6.45) is 13.1. The molecule has 0 saturated carbocycles. The molecule has 546 valence electrons. The van der Waals surface area contributed by atoms with Crippen LogP contribution < -0.4 is 33.6 Å². The number of carbonyl (C=O) groups excluding carboxylic acids is 2. The molecule has 0 aliphatic rings. The molecule has 9 heterocycles. The van der Waals surface area contributed by atoms with Crippen molar-refractivity contribution in [3.8, 4) is 0 Å². The number of halogens is 4. The first kappa shape index (κ1) is 81.9. The fraction of sp³-hybridized carbons (Fsp3) is 0.178. The molecule has 0 fully saturated rings. The Hall–Kier alpha value is -10.4. The minimum absolute atomic E-state index is 0. The third-order valence-corrected chi connectivity index (χ3v) is 19.6. The summed E-state index contributed by atoms with van der Waals surface area (Å²) in [7, 11) is -10.5. The van der Waals surface area contributed by atoms with E-state index in [1.807, 2.05) is 51.1 Å². The van der Waals surface area contributed by atoms with Gasteiger partial charge in [0.25, 0.3) is 11.8 Å². The molecule has 12 rings (SSSR count). The minimum Gasteiger partial charge on any atom is -0.478 e. The summed E-state index contributed by atoms with van der Waals surface area (Å²) >= 11 is 18.1. The Labute approximate surface area is 627 Å². The van der Waals surface area contributed by atoms with Crippen LogP contribution in [0, 0.1) is 20.8 Å². The molecule has 105 heavy (non-hydrogen) atoms. The third-order valence-electron chi connectivity index (χ3n) is 15.6. The Bertz CT molecular complexity index is 5420. The standard InChI is InChI=1S/2C24H22ClN5O3S.C17H13ClN2O4S.C7H11N3.CH4.ClH/c2*1-14-17(3-4-22(26)30-14)12-29-24(31)16-5-6-27-20(11-16)8-15-7-18-10-19(25)13-28-23(18)21(9-15)34(2,32)33;1-25(23,24)15-6-10(4-12-7-13(18)9-20-16(12)15)5-14-8-11(17(21)22)2-3-19-14;1-5-6(4-8)2-3-7(9)10-5;;/h2*3-7,9-11,13H,8,12H2,1-2H3,(H2,26,30)(H,29,31);2-4,6-9H,5H2,1H3,(H,21,22);2-3H,4,8H2,1H3,(H2,9,10);1H4;1H. The maximum atomic E-state index is 12.7. The van der Waals surface area contributed by atoms with E-state index in [9.17, 15) is 39.6 Å². The van der Waals surface area contributed by atoms with Gasteiger partial charge in [0, 0.05) is 156 Å². The molecular weight excluding hydrogens is 1480 g/mol. The second-order valence-corrected chi connectivity index (χ2v) is 31.0. The average Bonchev–Trinajstić information content (AvgIpc) is 0.790. The Balaban J connectivity index is 0.000000206. The molecule has 0 saturated heterocycles. The van der Waals surface area contributed by atoms with Gasteiger partial charge >= 0.3 is 5.97 Å². The number of hydrogen-bond donors (Lipinski definition) is 7. The molecule has 0 radical (unpaired) electrons. The molecule has 0 spiro atoms. The first-order valence-corrected chi connectivity index (χ1v) is 37.8. The number of nitrogens with two attached hydrogens (primary N) is 4. The highest BCUT2D eigenvalue weighted by Gasteiger charge is 2.21. The van der Waals surface area contributed by atoms with E-state index in [0.29, 0.717) is 143 Å². The van der Waals surface area contributed by atoms with E-state index in [-0.39, 0.29) is 58.3 Å². The molecule has 0 bridgehead atoms. The van der Waals surface area contributed by atoms with Crippen LogP contribution in [-0.4, -0.2) is 112 Å². The quantitative estimate of drug-likeness (QED) is 0.0445. The number of nitrogen functional groups attached to an aromatic ring is 3. The van der Waals surface area contributed by atoms with Crippen molar-refractivity contribution in [1.29, 1.82) is 0 Å². The number of aromatic nitrogens is 9. The van der Waals surface area contributed by atoms with Gasteiger partial charge in [-0.1, -0.05) is 60.4 Å². The second kappa shape index (κ2) is 35.4. The van der Waals surface area contributed by atoms with E-state index in [0.717, 1.165) is 52.5 Å². The average molecular weight is 1560 g/mol. The zero-order valence-corrected chi connectivity index (χ0v) is 62.1. The number of rotatable bonds is 17. The monoisotopic (exact) mass is 1560 g/mol. The third kappa shape index (κ3) is 22.3. The SMILES string of the molecule is C.CS(=O)(=O)c1cc(Cc2cc(C(=O)O)ccn2)cc2cc(Cl)cnc12.Cc1nc(N)ccc1CN.Cc1nc(N)ccc1CNC(=O)c1ccnc(Cc2cc(S(C)(=O)=O)c3ncc(Cl)cc3c2)c1.Cc1nc(N)ccc1CNC(=O)c1ccnc(Cc2cc(S(C)(=O)=O)c3ncc(Cl)cc3c2)c1.Cl. The number of anilines is 3. The predicted octanol–water partition coefficient (Wildman–Crippen LogP) is 11.5. The number of hydrogen-bond acceptors (Lipinski definition) is 22. The second-order valence-electron chi connectivity index (χ2n) is 23.7. The number of carbonyl (C=O) groups is 3. The number of benzene rings is 3. The van der Waals surface area contributed by atoms with Crippen LogP contribution >= 0.6 is 47.2 Å². The van der Waals surface area contributed by atoms with Crippen LogP contribution in [0.2, 0.25) is 15.1 Å². The van der Waals surface area contributed by atoms with E-state index >= 15 is 0 Å². The lowest BCUT2D eigenvalue weighted by molar-refractivity contribution is 0.0695. The summed E-state index contributed by atoms with van der Waals surface area (Å²) in [5.74, 6) is -0.156. The number of nitrogens with zero attached hydrogens (tertiary/aromatic N) is 9.